The Morgan fingerprint density at radius 3 is 2.94 bits per heavy atom. The van der Waals surface area contributed by atoms with E-state index in [0.29, 0.717) is 11.9 Å². The van der Waals surface area contributed by atoms with E-state index in [0.717, 1.165) is 18.8 Å². The second kappa shape index (κ2) is 4.47. The summed E-state index contributed by atoms with van der Waals surface area (Å²) in [5.74, 6) is 1.05. The van der Waals surface area contributed by atoms with Crippen LogP contribution in [0.3, 0.4) is 0 Å². The first-order valence-electron chi connectivity index (χ1n) is 5.37. The normalized spacial score (nSPS) is 23.4. The number of hydrogen-bond donors (Lipinski definition) is 1. The molecule has 0 aromatic carbocycles. The van der Waals surface area contributed by atoms with Crippen LogP contribution < -0.4 is 5.32 Å². The number of carbonyl (C=O) groups excluding carboxylic acids is 1. The third-order valence-electron chi connectivity index (χ3n) is 2.75. The number of nitrogens with zero attached hydrogens (tertiary/aromatic N) is 2. The Morgan fingerprint density at radius 2 is 2.31 bits per heavy atom. The maximum atomic E-state index is 11.2. The molecule has 0 spiro atoms. The van der Waals surface area contributed by atoms with E-state index in [1.807, 2.05) is 0 Å². The fourth-order valence-corrected chi connectivity index (χ4v) is 1.86. The van der Waals surface area contributed by atoms with Crippen LogP contribution in [0, 0.1) is 5.92 Å². The van der Waals surface area contributed by atoms with Gasteiger partial charge >= 0.3 is 5.97 Å². The number of ether oxygens (including phenoxy) is 1. The van der Waals surface area contributed by atoms with Gasteiger partial charge in [-0.2, -0.15) is 0 Å². The van der Waals surface area contributed by atoms with Crippen LogP contribution in [-0.4, -0.2) is 29.1 Å². The SMILES string of the molecule is COC(=O)c1nccc(NC2CC(C)C2)n1. The molecule has 1 saturated carbocycles. The van der Waals surface area contributed by atoms with Gasteiger partial charge in [-0.1, -0.05) is 6.92 Å². The summed E-state index contributed by atoms with van der Waals surface area (Å²) in [4.78, 5) is 19.2. The Balaban J connectivity index is 2.02. The second-order valence-corrected chi connectivity index (χ2v) is 4.17. The number of methoxy groups -OCH3 is 1. The van der Waals surface area contributed by atoms with Gasteiger partial charge in [0.2, 0.25) is 5.82 Å². The summed E-state index contributed by atoms with van der Waals surface area (Å²) in [7, 11) is 1.32. The molecular weight excluding hydrogens is 206 g/mol. The highest BCUT2D eigenvalue weighted by molar-refractivity contribution is 5.85. The van der Waals surface area contributed by atoms with E-state index in [1.54, 1.807) is 12.3 Å². The van der Waals surface area contributed by atoms with Crippen LogP contribution in [0.25, 0.3) is 0 Å². The summed E-state index contributed by atoms with van der Waals surface area (Å²) >= 11 is 0. The number of carbonyl (C=O) groups is 1. The lowest BCUT2D eigenvalue weighted by molar-refractivity contribution is 0.0587. The van der Waals surface area contributed by atoms with E-state index in [4.69, 9.17) is 0 Å². The van der Waals surface area contributed by atoms with Gasteiger partial charge in [-0.3, -0.25) is 0 Å². The van der Waals surface area contributed by atoms with Crippen LogP contribution in [0.4, 0.5) is 5.82 Å². The van der Waals surface area contributed by atoms with Crippen molar-refractivity contribution in [1.82, 2.24) is 9.97 Å². The highest BCUT2D eigenvalue weighted by Gasteiger charge is 2.25. The van der Waals surface area contributed by atoms with E-state index < -0.39 is 5.97 Å². The topological polar surface area (TPSA) is 64.1 Å². The lowest BCUT2D eigenvalue weighted by atomic mass is 9.82. The molecule has 1 aliphatic rings. The molecule has 0 radical (unpaired) electrons. The Labute approximate surface area is 94.2 Å². The molecule has 0 saturated heterocycles. The maximum absolute atomic E-state index is 11.2. The Bertz CT molecular complexity index is 389. The molecule has 1 fully saturated rings. The minimum atomic E-state index is -0.509. The van der Waals surface area contributed by atoms with E-state index in [2.05, 4.69) is 26.9 Å². The van der Waals surface area contributed by atoms with Gasteiger partial charge in [0, 0.05) is 12.2 Å². The zero-order chi connectivity index (χ0) is 11.5. The van der Waals surface area contributed by atoms with Gasteiger partial charge in [-0.05, 0) is 24.8 Å². The van der Waals surface area contributed by atoms with Crippen LogP contribution in [0.2, 0.25) is 0 Å². The van der Waals surface area contributed by atoms with Crippen LogP contribution >= 0.6 is 0 Å². The monoisotopic (exact) mass is 221 g/mol. The molecule has 0 unspecified atom stereocenters. The van der Waals surface area contributed by atoms with Crippen LogP contribution in [-0.2, 0) is 4.74 Å². The predicted molar refractivity (Wildman–Crippen MR) is 59.2 cm³/mol. The molecule has 86 valence electrons. The van der Waals surface area contributed by atoms with Crippen molar-refractivity contribution in [2.45, 2.75) is 25.8 Å². The van der Waals surface area contributed by atoms with E-state index >= 15 is 0 Å². The minimum absolute atomic E-state index is 0.0971. The largest absolute Gasteiger partial charge is 0.463 e. The molecule has 0 aliphatic heterocycles. The molecule has 5 nitrogen and oxygen atoms in total. The fourth-order valence-electron chi connectivity index (χ4n) is 1.86. The summed E-state index contributed by atoms with van der Waals surface area (Å²) in [5.41, 5.74) is 0. The van der Waals surface area contributed by atoms with Crippen molar-refractivity contribution in [3.63, 3.8) is 0 Å². The Morgan fingerprint density at radius 1 is 1.56 bits per heavy atom. The summed E-state index contributed by atoms with van der Waals surface area (Å²) in [6.45, 7) is 2.22. The van der Waals surface area contributed by atoms with Gasteiger partial charge in [-0.15, -0.1) is 0 Å². The molecule has 1 N–H and O–H groups in total. The molecule has 16 heavy (non-hydrogen) atoms. The van der Waals surface area contributed by atoms with Gasteiger partial charge < -0.3 is 10.1 Å². The van der Waals surface area contributed by atoms with Crippen LogP contribution in [0.15, 0.2) is 12.3 Å². The predicted octanol–water partition coefficient (Wildman–Crippen LogP) is 1.47. The first-order chi connectivity index (χ1) is 7.69. The zero-order valence-electron chi connectivity index (χ0n) is 9.43. The quantitative estimate of drug-likeness (QED) is 0.783. The van der Waals surface area contributed by atoms with Gasteiger partial charge in [0.25, 0.3) is 0 Å². The van der Waals surface area contributed by atoms with Crippen molar-refractivity contribution in [2.75, 3.05) is 12.4 Å². The summed E-state index contributed by atoms with van der Waals surface area (Å²) < 4.78 is 4.56. The summed E-state index contributed by atoms with van der Waals surface area (Å²) in [6, 6.07) is 2.23. The molecule has 0 bridgehead atoms. The summed E-state index contributed by atoms with van der Waals surface area (Å²) in [6.07, 6.45) is 3.86. The zero-order valence-corrected chi connectivity index (χ0v) is 9.43. The van der Waals surface area contributed by atoms with Crippen molar-refractivity contribution < 1.29 is 9.53 Å². The van der Waals surface area contributed by atoms with E-state index in [9.17, 15) is 4.79 Å². The number of esters is 1. The second-order valence-electron chi connectivity index (χ2n) is 4.17. The molecule has 1 heterocycles. The molecule has 5 heteroatoms. The highest BCUT2D eigenvalue weighted by atomic mass is 16.5. The maximum Gasteiger partial charge on any atom is 0.376 e. The van der Waals surface area contributed by atoms with E-state index in [1.165, 1.54) is 7.11 Å². The average Bonchev–Trinajstić information content (AvgIpc) is 2.26. The lowest BCUT2D eigenvalue weighted by Crippen LogP contribution is -2.34. The van der Waals surface area contributed by atoms with Crippen molar-refractivity contribution in [1.29, 1.82) is 0 Å². The third-order valence-corrected chi connectivity index (χ3v) is 2.75. The van der Waals surface area contributed by atoms with Gasteiger partial charge in [0.1, 0.15) is 5.82 Å². The van der Waals surface area contributed by atoms with Crippen LogP contribution in [0.5, 0.6) is 0 Å². The smallest absolute Gasteiger partial charge is 0.376 e. The minimum Gasteiger partial charge on any atom is -0.463 e. The Hall–Kier alpha value is -1.65. The van der Waals surface area contributed by atoms with Crippen molar-refractivity contribution in [3.8, 4) is 0 Å². The number of nitrogens with one attached hydrogen (secondary N) is 1. The molecule has 1 aromatic rings. The molecule has 0 atom stereocenters. The molecule has 1 aliphatic carbocycles. The van der Waals surface area contributed by atoms with Gasteiger partial charge in [0.05, 0.1) is 7.11 Å². The fraction of sp³-hybridized carbons (Fsp3) is 0.545. The van der Waals surface area contributed by atoms with Gasteiger partial charge in [-0.25, -0.2) is 14.8 Å². The molecule has 1 aromatic heterocycles. The van der Waals surface area contributed by atoms with Crippen molar-refractivity contribution in [3.05, 3.63) is 18.1 Å². The van der Waals surface area contributed by atoms with Crippen molar-refractivity contribution in [2.24, 2.45) is 5.92 Å². The number of rotatable bonds is 3. The first-order valence-corrected chi connectivity index (χ1v) is 5.37. The summed E-state index contributed by atoms with van der Waals surface area (Å²) in [5, 5.41) is 3.27. The molecular formula is C11H15N3O2. The van der Waals surface area contributed by atoms with Crippen molar-refractivity contribution >= 4 is 11.8 Å². The average molecular weight is 221 g/mol. The van der Waals surface area contributed by atoms with Gasteiger partial charge in [0.15, 0.2) is 0 Å². The Kier molecular flexibility index (Phi) is 3.03. The van der Waals surface area contributed by atoms with Crippen LogP contribution in [0.1, 0.15) is 30.4 Å². The first kappa shape index (κ1) is 10.9. The number of hydrogen-bond acceptors (Lipinski definition) is 5. The third kappa shape index (κ3) is 2.29. The number of anilines is 1. The highest BCUT2D eigenvalue weighted by Crippen LogP contribution is 2.28. The molecule has 0 amide bonds. The van der Waals surface area contributed by atoms with E-state index in [-0.39, 0.29) is 5.82 Å². The standard InChI is InChI=1S/C11H15N3O2/c1-7-5-8(6-7)13-9-3-4-12-10(14-9)11(15)16-2/h3-4,7-8H,5-6H2,1-2H3,(H,12,13,14). The lowest BCUT2D eigenvalue weighted by Gasteiger charge is -2.33. The molecule has 2 rings (SSSR count). The number of aromatic nitrogens is 2.